The van der Waals surface area contributed by atoms with E-state index in [-0.39, 0.29) is 23.9 Å². The number of nitrogens with zero attached hydrogens (tertiary/aromatic N) is 3. The van der Waals surface area contributed by atoms with Crippen molar-refractivity contribution in [2.24, 2.45) is 0 Å². The molecule has 2 aromatic heterocycles. The first-order valence-electron chi connectivity index (χ1n) is 7.23. The van der Waals surface area contributed by atoms with Gasteiger partial charge in [0.05, 0.1) is 12.1 Å². The third kappa shape index (κ3) is 3.46. The summed E-state index contributed by atoms with van der Waals surface area (Å²) in [5.41, 5.74) is -0.656. The predicted molar refractivity (Wildman–Crippen MR) is 87.4 cm³/mol. The molecule has 0 aliphatic heterocycles. The molecule has 25 heavy (non-hydrogen) atoms. The van der Waals surface area contributed by atoms with Crippen LogP contribution in [-0.4, -0.2) is 26.8 Å². The van der Waals surface area contributed by atoms with Gasteiger partial charge in [-0.15, -0.1) is 22.0 Å². The normalized spacial score (nSPS) is 11.7. The summed E-state index contributed by atoms with van der Waals surface area (Å²) < 4.78 is 40.2. The molecule has 1 aromatic carbocycles. The van der Waals surface area contributed by atoms with Crippen molar-refractivity contribution >= 4 is 23.3 Å². The summed E-state index contributed by atoms with van der Waals surface area (Å²) in [7, 11) is 0. The Labute approximate surface area is 145 Å². The first-order chi connectivity index (χ1) is 11.9. The van der Waals surface area contributed by atoms with Gasteiger partial charge in [-0.2, -0.15) is 13.2 Å². The number of thioether (sulfide) groups is 1. The highest BCUT2D eigenvalue weighted by Crippen LogP contribution is 2.31. The molecule has 0 unspecified atom stereocenters. The Balaban J connectivity index is 1.84. The predicted octanol–water partition coefficient (Wildman–Crippen LogP) is 3.40. The first kappa shape index (κ1) is 17.3. The van der Waals surface area contributed by atoms with E-state index in [1.54, 1.807) is 12.1 Å². The van der Waals surface area contributed by atoms with Gasteiger partial charge in [-0.05, 0) is 30.5 Å². The molecule has 0 bridgehead atoms. The second-order valence-corrected chi connectivity index (χ2v) is 5.96. The summed E-state index contributed by atoms with van der Waals surface area (Å²) in [5, 5.41) is 10.0. The second kappa shape index (κ2) is 6.75. The number of hydrogen-bond donors (Lipinski definition) is 1. The molecule has 0 saturated carbocycles. The Hall–Kier alpha value is -2.55. The van der Waals surface area contributed by atoms with Gasteiger partial charge in [-0.1, -0.05) is 12.1 Å². The van der Waals surface area contributed by atoms with Crippen molar-refractivity contribution < 1.29 is 18.0 Å². The number of nitrogens with one attached hydrogen (secondary N) is 1. The van der Waals surface area contributed by atoms with Crippen LogP contribution in [0.15, 0.2) is 47.5 Å². The van der Waals surface area contributed by atoms with E-state index >= 15 is 0 Å². The molecule has 2 heterocycles. The number of amides is 1. The van der Waals surface area contributed by atoms with Gasteiger partial charge in [-0.25, -0.2) is 0 Å². The van der Waals surface area contributed by atoms with Crippen molar-refractivity contribution in [2.75, 3.05) is 6.26 Å². The third-order valence-corrected chi connectivity index (χ3v) is 4.37. The summed E-state index contributed by atoms with van der Waals surface area (Å²) in [5.74, 6) is -0.107. The molecule has 0 saturated heterocycles. The molecular formula is C16H13F3N4OS. The number of rotatable bonds is 4. The van der Waals surface area contributed by atoms with Gasteiger partial charge in [-0.3, -0.25) is 9.20 Å². The van der Waals surface area contributed by atoms with Gasteiger partial charge in [0.2, 0.25) is 0 Å². The lowest BCUT2D eigenvalue weighted by atomic mass is 10.2. The molecule has 1 N–H and O–H groups in total. The van der Waals surface area contributed by atoms with E-state index in [1.165, 1.54) is 28.4 Å². The van der Waals surface area contributed by atoms with Crippen molar-refractivity contribution in [1.82, 2.24) is 19.9 Å². The van der Waals surface area contributed by atoms with Gasteiger partial charge in [0.1, 0.15) is 5.56 Å². The Bertz CT molecular complexity index is 923. The zero-order chi connectivity index (χ0) is 18.0. The van der Waals surface area contributed by atoms with Crippen LogP contribution in [0.2, 0.25) is 0 Å². The van der Waals surface area contributed by atoms with Gasteiger partial charge < -0.3 is 5.32 Å². The SMILES string of the molecule is CSc1ccccc1C(=O)NCc1nnc2c(C(F)(F)F)cccn12. The number of alkyl halides is 3. The van der Waals surface area contributed by atoms with E-state index in [1.807, 2.05) is 18.4 Å². The number of pyridine rings is 1. The summed E-state index contributed by atoms with van der Waals surface area (Å²) >= 11 is 1.44. The minimum Gasteiger partial charge on any atom is -0.345 e. The van der Waals surface area contributed by atoms with E-state index in [0.29, 0.717) is 5.56 Å². The molecule has 5 nitrogen and oxygen atoms in total. The minimum atomic E-state index is -4.52. The number of fused-ring (bicyclic) bond motifs is 1. The molecule has 9 heteroatoms. The third-order valence-electron chi connectivity index (χ3n) is 3.57. The van der Waals surface area contributed by atoms with E-state index in [2.05, 4.69) is 15.5 Å². The van der Waals surface area contributed by atoms with Crippen LogP contribution in [0.25, 0.3) is 5.65 Å². The van der Waals surface area contributed by atoms with Crippen LogP contribution < -0.4 is 5.32 Å². The molecule has 1 amide bonds. The Morgan fingerprint density at radius 2 is 1.96 bits per heavy atom. The average molecular weight is 366 g/mol. The standard InChI is InChI=1S/C16H13F3N4OS/c1-25-12-7-3-2-5-10(12)15(24)20-9-13-21-22-14-11(16(17,18)19)6-4-8-23(13)14/h2-8H,9H2,1H3,(H,20,24). The number of aromatic nitrogens is 3. The highest BCUT2D eigenvalue weighted by Gasteiger charge is 2.34. The molecule has 0 fully saturated rings. The van der Waals surface area contributed by atoms with Crippen molar-refractivity contribution in [3.63, 3.8) is 0 Å². The lowest BCUT2D eigenvalue weighted by Gasteiger charge is -2.09. The lowest BCUT2D eigenvalue weighted by Crippen LogP contribution is -2.24. The fraction of sp³-hybridized carbons (Fsp3) is 0.188. The summed E-state index contributed by atoms with van der Waals surface area (Å²) in [6.45, 7) is -0.0377. The molecule has 0 atom stereocenters. The number of carbonyl (C=O) groups is 1. The molecule has 3 aromatic rings. The maximum atomic E-state index is 13.0. The van der Waals surface area contributed by atoms with E-state index in [9.17, 15) is 18.0 Å². The smallest absolute Gasteiger partial charge is 0.345 e. The molecule has 0 spiro atoms. The van der Waals surface area contributed by atoms with E-state index in [4.69, 9.17) is 0 Å². The topological polar surface area (TPSA) is 59.3 Å². The van der Waals surface area contributed by atoms with Crippen LogP contribution in [0.3, 0.4) is 0 Å². The highest BCUT2D eigenvalue weighted by atomic mass is 32.2. The molecule has 130 valence electrons. The van der Waals surface area contributed by atoms with Gasteiger partial charge in [0, 0.05) is 11.1 Å². The summed E-state index contributed by atoms with van der Waals surface area (Å²) in [4.78, 5) is 13.1. The van der Waals surface area contributed by atoms with Gasteiger partial charge in [0.25, 0.3) is 5.91 Å². The Kier molecular flexibility index (Phi) is 4.67. The van der Waals surface area contributed by atoms with Crippen LogP contribution in [0, 0.1) is 0 Å². The molecule has 3 rings (SSSR count). The van der Waals surface area contributed by atoms with Crippen molar-refractivity contribution in [3.8, 4) is 0 Å². The van der Waals surface area contributed by atoms with Gasteiger partial charge in [0.15, 0.2) is 11.5 Å². The fourth-order valence-electron chi connectivity index (χ4n) is 2.39. The van der Waals surface area contributed by atoms with Crippen LogP contribution in [0.4, 0.5) is 13.2 Å². The summed E-state index contributed by atoms with van der Waals surface area (Å²) in [6, 6.07) is 9.30. The second-order valence-electron chi connectivity index (χ2n) is 5.11. The molecule has 0 aliphatic carbocycles. The minimum absolute atomic E-state index is 0.0377. The van der Waals surface area contributed by atoms with Crippen LogP contribution >= 0.6 is 11.8 Å². The summed E-state index contributed by atoms with van der Waals surface area (Å²) in [6.07, 6.45) is -1.23. The number of benzene rings is 1. The Morgan fingerprint density at radius 1 is 1.20 bits per heavy atom. The lowest BCUT2D eigenvalue weighted by molar-refractivity contribution is -0.136. The van der Waals surface area contributed by atoms with Gasteiger partial charge >= 0.3 is 6.18 Å². The highest BCUT2D eigenvalue weighted by molar-refractivity contribution is 7.98. The van der Waals surface area contributed by atoms with Crippen molar-refractivity contribution in [2.45, 2.75) is 17.6 Å². The maximum absolute atomic E-state index is 13.0. The maximum Gasteiger partial charge on any atom is 0.420 e. The van der Waals surface area contributed by atoms with Crippen molar-refractivity contribution in [3.05, 3.63) is 59.5 Å². The number of carbonyl (C=O) groups excluding carboxylic acids is 1. The molecule has 0 aliphatic rings. The monoisotopic (exact) mass is 366 g/mol. The van der Waals surface area contributed by atoms with Crippen LogP contribution in [0.5, 0.6) is 0 Å². The average Bonchev–Trinajstić information content (AvgIpc) is 3.01. The quantitative estimate of drug-likeness (QED) is 0.719. The zero-order valence-electron chi connectivity index (χ0n) is 13.0. The molecule has 0 radical (unpaired) electrons. The number of hydrogen-bond acceptors (Lipinski definition) is 4. The fourth-order valence-corrected chi connectivity index (χ4v) is 2.99. The largest absolute Gasteiger partial charge is 0.420 e. The van der Waals surface area contributed by atoms with Crippen LogP contribution in [0.1, 0.15) is 21.7 Å². The van der Waals surface area contributed by atoms with E-state index < -0.39 is 11.7 Å². The van der Waals surface area contributed by atoms with Crippen LogP contribution in [-0.2, 0) is 12.7 Å². The zero-order valence-corrected chi connectivity index (χ0v) is 13.9. The van der Waals surface area contributed by atoms with Crippen molar-refractivity contribution in [1.29, 1.82) is 0 Å². The Morgan fingerprint density at radius 3 is 2.68 bits per heavy atom. The number of halogens is 3. The molecular weight excluding hydrogens is 353 g/mol. The van der Waals surface area contributed by atoms with E-state index in [0.717, 1.165) is 11.0 Å². The first-order valence-corrected chi connectivity index (χ1v) is 8.45.